The molecule has 1 heterocycles. The zero-order valence-corrected chi connectivity index (χ0v) is 15.8. The first-order chi connectivity index (χ1) is 13.4. The number of pyridine rings is 1. The highest BCUT2D eigenvalue weighted by molar-refractivity contribution is 6.31. The fourth-order valence-corrected chi connectivity index (χ4v) is 2.91. The molecule has 28 heavy (non-hydrogen) atoms. The Kier molecular flexibility index (Phi) is 6.01. The molecule has 142 valence electrons. The van der Waals surface area contributed by atoms with Crippen LogP contribution in [0, 0.1) is 5.82 Å². The Morgan fingerprint density at radius 3 is 2.50 bits per heavy atom. The van der Waals surface area contributed by atoms with Crippen molar-refractivity contribution in [2.45, 2.75) is 13.3 Å². The average molecular weight is 398 g/mol. The van der Waals surface area contributed by atoms with E-state index in [4.69, 9.17) is 11.6 Å². The van der Waals surface area contributed by atoms with Crippen LogP contribution in [0.4, 0.5) is 21.6 Å². The number of rotatable bonds is 5. The van der Waals surface area contributed by atoms with Gasteiger partial charge in [0.1, 0.15) is 11.6 Å². The molecule has 0 radical (unpaired) electrons. The molecule has 0 aliphatic heterocycles. The molecule has 3 rings (SSSR count). The third kappa shape index (κ3) is 4.72. The largest absolute Gasteiger partial charge is 0.326 e. The van der Waals surface area contributed by atoms with Crippen LogP contribution in [0.1, 0.15) is 12.5 Å². The van der Waals surface area contributed by atoms with Gasteiger partial charge < -0.3 is 5.32 Å². The third-order valence-electron chi connectivity index (χ3n) is 3.97. The summed E-state index contributed by atoms with van der Waals surface area (Å²) >= 11 is 6.09. The lowest BCUT2D eigenvalue weighted by molar-refractivity contribution is -0.116. The fourth-order valence-electron chi connectivity index (χ4n) is 2.70. The van der Waals surface area contributed by atoms with Gasteiger partial charge in [-0.1, -0.05) is 29.8 Å². The molecule has 2 aromatic carbocycles. The summed E-state index contributed by atoms with van der Waals surface area (Å²) < 4.78 is 13.2. The summed E-state index contributed by atoms with van der Waals surface area (Å²) in [6.45, 7) is 1.38. The minimum atomic E-state index is -0.402. The maximum Gasteiger partial charge on any atom is 0.229 e. The van der Waals surface area contributed by atoms with E-state index < -0.39 is 5.82 Å². The highest BCUT2D eigenvalue weighted by Gasteiger charge is 2.16. The lowest BCUT2D eigenvalue weighted by Crippen LogP contribution is -2.24. The molecule has 5 nitrogen and oxygen atoms in total. The van der Waals surface area contributed by atoms with E-state index in [2.05, 4.69) is 10.3 Å². The molecule has 0 atom stereocenters. The molecule has 3 aromatic rings. The van der Waals surface area contributed by atoms with Gasteiger partial charge in [0.15, 0.2) is 0 Å². The van der Waals surface area contributed by atoms with Crippen molar-refractivity contribution in [1.29, 1.82) is 0 Å². The van der Waals surface area contributed by atoms with Crippen LogP contribution < -0.4 is 10.2 Å². The van der Waals surface area contributed by atoms with Crippen LogP contribution >= 0.6 is 11.6 Å². The van der Waals surface area contributed by atoms with E-state index in [0.29, 0.717) is 27.8 Å². The quantitative estimate of drug-likeness (QED) is 0.676. The fraction of sp³-hybridized carbons (Fsp3) is 0.0952. The van der Waals surface area contributed by atoms with E-state index >= 15 is 0 Å². The summed E-state index contributed by atoms with van der Waals surface area (Å²) in [5.41, 5.74) is 1.67. The number of hydrogen-bond acceptors (Lipinski definition) is 3. The molecule has 0 aliphatic carbocycles. The van der Waals surface area contributed by atoms with Crippen molar-refractivity contribution < 1.29 is 14.0 Å². The van der Waals surface area contributed by atoms with Gasteiger partial charge in [-0.15, -0.1) is 0 Å². The zero-order valence-electron chi connectivity index (χ0n) is 15.0. The van der Waals surface area contributed by atoms with Crippen molar-refractivity contribution in [3.63, 3.8) is 0 Å². The van der Waals surface area contributed by atoms with Crippen molar-refractivity contribution in [1.82, 2.24) is 4.98 Å². The van der Waals surface area contributed by atoms with E-state index in [1.54, 1.807) is 30.3 Å². The Balaban J connectivity index is 1.80. The van der Waals surface area contributed by atoms with E-state index in [9.17, 15) is 14.0 Å². The van der Waals surface area contributed by atoms with Gasteiger partial charge in [-0.2, -0.15) is 0 Å². The Hall–Kier alpha value is -3.25. The standard InChI is InChI=1S/C21H17ClFN3O2/c1-14(27)26(18-8-6-16(23)7-9-18)20-13-17(10-11-24-20)25-21(28)12-15-4-2-3-5-19(15)22/h2-11,13H,12H2,1H3,(H,24,25,28). The van der Waals surface area contributed by atoms with E-state index in [1.165, 1.54) is 42.3 Å². The van der Waals surface area contributed by atoms with E-state index in [0.717, 1.165) is 0 Å². The van der Waals surface area contributed by atoms with Gasteiger partial charge in [0.05, 0.1) is 12.1 Å². The second-order valence-electron chi connectivity index (χ2n) is 6.05. The van der Waals surface area contributed by atoms with Gasteiger partial charge >= 0.3 is 0 Å². The molecule has 0 aliphatic rings. The van der Waals surface area contributed by atoms with Crippen molar-refractivity contribution in [3.8, 4) is 0 Å². The number of carbonyl (C=O) groups excluding carboxylic acids is 2. The SMILES string of the molecule is CC(=O)N(c1ccc(F)cc1)c1cc(NC(=O)Cc2ccccc2Cl)ccn1. The smallest absolute Gasteiger partial charge is 0.229 e. The van der Waals surface area contributed by atoms with Gasteiger partial charge in [0.2, 0.25) is 11.8 Å². The normalized spacial score (nSPS) is 10.4. The molecule has 1 N–H and O–H groups in total. The highest BCUT2D eigenvalue weighted by Crippen LogP contribution is 2.26. The van der Waals surface area contributed by atoms with Gasteiger partial charge in [-0.3, -0.25) is 14.5 Å². The van der Waals surface area contributed by atoms with Crippen LogP contribution in [0.15, 0.2) is 66.9 Å². The molecule has 0 unspecified atom stereocenters. The summed E-state index contributed by atoms with van der Waals surface area (Å²) in [5, 5.41) is 3.30. The molecular formula is C21H17ClFN3O2. The van der Waals surface area contributed by atoms with E-state index in [-0.39, 0.29) is 18.2 Å². The maximum atomic E-state index is 13.2. The lowest BCUT2D eigenvalue weighted by Gasteiger charge is -2.20. The summed E-state index contributed by atoms with van der Waals surface area (Å²) in [6.07, 6.45) is 1.60. The zero-order chi connectivity index (χ0) is 20.1. The highest BCUT2D eigenvalue weighted by atomic mass is 35.5. The van der Waals surface area contributed by atoms with Crippen LogP contribution in [0.2, 0.25) is 5.02 Å². The molecule has 7 heteroatoms. The molecule has 0 spiro atoms. The second kappa shape index (κ2) is 8.63. The molecule has 0 bridgehead atoms. The number of aromatic nitrogens is 1. The van der Waals surface area contributed by atoms with Crippen molar-refractivity contribution >= 4 is 40.6 Å². The molecule has 1 aromatic heterocycles. The Labute approximate surface area is 166 Å². The molecule has 2 amide bonds. The van der Waals surface area contributed by atoms with Crippen molar-refractivity contribution in [2.75, 3.05) is 10.2 Å². The van der Waals surface area contributed by atoms with Gasteiger partial charge in [-0.05, 0) is 42.0 Å². The summed E-state index contributed by atoms with van der Waals surface area (Å²) in [6, 6.07) is 15.8. The van der Waals surface area contributed by atoms with Crippen LogP contribution in [-0.4, -0.2) is 16.8 Å². The van der Waals surface area contributed by atoms with Gasteiger partial charge in [0.25, 0.3) is 0 Å². The second-order valence-corrected chi connectivity index (χ2v) is 6.46. The monoisotopic (exact) mass is 397 g/mol. The van der Waals surface area contributed by atoms with Gasteiger partial charge in [0, 0.05) is 29.9 Å². The topological polar surface area (TPSA) is 62.3 Å². The predicted octanol–water partition coefficient (Wildman–Crippen LogP) is 4.74. The lowest BCUT2D eigenvalue weighted by atomic mass is 10.1. The number of benzene rings is 2. The minimum absolute atomic E-state index is 0.117. The summed E-state index contributed by atoms with van der Waals surface area (Å²) in [4.78, 5) is 30.0. The van der Waals surface area contributed by atoms with Crippen molar-refractivity contribution in [2.24, 2.45) is 0 Å². The number of nitrogens with zero attached hydrogens (tertiary/aromatic N) is 2. The Morgan fingerprint density at radius 2 is 1.82 bits per heavy atom. The number of anilines is 3. The first kappa shape index (κ1) is 19.5. The van der Waals surface area contributed by atoms with E-state index in [1.807, 2.05) is 6.07 Å². The Bertz CT molecular complexity index is 1010. The Morgan fingerprint density at radius 1 is 1.11 bits per heavy atom. The minimum Gasteiger partial charge on any atom is -0.326 e. The maximum absolute atomic E-state index is 13.2. The predicted molar refractivity (Wildman–Crippen MR) is 107 cm³/mol. The van der Waals surface area contributed by atoms with Crippen LogP contribution in [0.25, 0.3) is 0 Å². The van der Waals surface area contributed by atoms with Crippen molar-refractivity contribution in [3.05, 3.63) is 83.3 Å². The number of nitrogens with one attached hydrogen (secondary N) is 1. The molecule has 0 fully saturated rings. The molecular weight excluding hydrogens is 381 g/mol. The summed E-state index contributed by atoms with van der Waals surface area (Å²) in [7, 11) is 0. The number of carbonyl (C=O) groups is 2. The molecule has 0 saturated heterocycles. The van der Waals surface area contributed by atoms with Crippen LogP contribution in [-0.2, 0) is 16.0 Å². The third-order valence-corrected chi connectivity index (χ3v) is 4.34. The number of halogens is 2. The number of hydrogen-bond donors (Lipinski definition) is 1. The summed E-state index contributed by atoms with van der Waals surface area (Å²) in [5.74, 6) is -0.629. The average Bonchev–Trinajstić information content (AvgIpc) is 2.65. The number of amides is 2. The first-order valence-electron chi connectivity index (χ1n) is 8.49. The van der Waals surface area contributed by atoms with Crippen LogP contribution in [0.5, 0.6) is 0 Å². The first-order valence-corrected chi connectivity index (χ1v) is 8.87. The van der Waals surface area contributed by atoms with Gasteiger partial charge in [-0.25, -0.2) is 9.37 Å². The van der Waals surface area contributed by atoms with Crippen LogP contribution in [0.3, 0.4) is 0 Å². The molecule has 0 saturated carbocycles.